The monoisotopic (exact) mass is 380 g/mol. The van der Waals surface area contributed by atoms with Gasteiger partial charge in [-0.15, -0.1) is 11.3 Å². The van der Waals surface area contributed by atoms with Crippen molar-refractivity contribution in [3.63, 3.8) is 0 Å². The van der Waals surface area contributed by atoms with Gasteiger partial charge in [0.05, 0.1) is 18.6 Å². The molecule has 0 radical (unpaired) electrons. The summed E-state index contributed by atoms with van der Waals surface area (Å²) < 4.78 is 11.9. The Labute approximate surface area is 159 Å². The van der Waals surface area contributed by atoms with E-state index in [0.717, 1.165) is 38.4 Å². The van der Waals surface area contributed by atoms with Gasteiger partial charge in [-0.1, -0.05) is 59.4 Å². The van der Waals surface area contributed by atoms with Crippen LogP contribution < -0.4 is 4.74 Å². The van der Waals surface area contributed by atoms with Crippen molar-refractivity contribution in [2.45, 2.75) is 10.1 Å². The molecule has 0 fully saturated rings. The second-order valence-corrected chi connectivity index (χ2v) is 7.61. The van der Waals surface area contributed by atoms with Crippen molar-refractivity contribution in [3.8, 4) is 28.3 Å². The maximum absolute atomic E-state index is 5.48. The summed E-state index contributed by atoms with van der Waals surface area (Å²) >= 11 is 3.29. The fraction of sp³-hybridized carbons (Fsp3) is 0.100. The highest BCUT2D eigenvalue weighted by Gasteiger charge is 2.12. The summed E-state index contributed by atoms with van der Waals surface area (Å²) in [4.78, 5) is 4.69. The molecule has 26 heavy (non-hydrogen) atoms. The van der Waals surface area contributed by atoms with Gasteiger partial charge in [0, 0.05) is 22.6 Å². The summed E-state index contributed by atoms with van der Waals surface area (Å²) in [6.07, 6.45) is 0. The lowest BCUT2D eigenvalue weighted by molar-refractivity contribution is 0.395. The summed E-state index contributed by atoms with van der Waals surface area (Å²) in [6.45, 7) is 0. The maximum atomic E-state index is 5.48. The number of thioether (sulfide) groups is 1. The highest BCUT2D eigenvalue weighted by molar-refractivity contribution is 8.00. The van der Waals surface area contributed by atoms with Crippen molar-refractivity contribution in [3.05, 3.63) is 71.8 Å². The van der Waals surface area contributed by atoms with E-state index in [1.165, 1.54) is 0 Å². The molecule has 2 aromatic carbocycles. The molecule has 6 heteroatoms. The Balaban J connectivity index is 1.45. The lowest BCUT2D eigenvalue weighted by Gasteiger charge is -2.03. The van der Waals surface area contributed by atoms with E-state index in [1.807, 2.05) is 48.5 Å². The average molecular weight is 380 g/mol. The first kappa shape index (κ1) is 16.9. The van der Waals surface area contributed by atoms with E-state index in [1.54, 1.807) is 30.2 Å². The molecule has 2 aromatic heterocycles. The second kappa shape index (κ2) is 7.76. The number of thiazole rings is 1. The summed E-state index contributed by atoms with van der Waals surface area (Å²) in [6, 6.07) is 19.9. The van der Waals surface area contributed by atoms with Crippen LogP contribution in [0.25, 0.3) is 22.5 Å². The summed E-state index contributed by atoms with van der Waals surface area (Å²) in [5.41, 5.74) is 3.84. The summed E-state index contributed by atoms with van der Waals surface area (Å²) in [7, 11) is 1.66. The number of methoxy groups -OCH3 is 1. The van der Waals surface area contributed by atoms with E-state index < -0.39 is 0 Å². The van der Waals surface area contributed by atoms with Crippen LogP contribution in [-0.2, 0) is 5.75 Å². The number of rotatable bonds is 6. The van der Waals surface area contributed by atoms with Crippen molar-refractivity contribution in [1.82, 2.24) is 10.1 Å². The van der Waals surface area contributed by atoms with Crippen molar-refractivity contribution in [1.29, 1.82) is 0 Å². The van der Waals surface area contributed by atoms with E-state index in [0.29, 0.717) is 5.75 Å². The van der Waals surface area contributed by atoms with Crippen LogP contribution in [0, 0.1) is 0 Å². The van der Waals surface area contributed by atoms with Crippen LogP contribution in [0.5, 0.6) is 5.75 Å². The van der Waals surface area contributed by atoms with Gasteiger partial charge in [0.2, 0.25) is 0 Å². The zero-order valence-corrected chi connectivity index (χ0v) is 15.7. The Bertz CT molecular complexity index is 996. The minimum atomic E-state index is 0.684. The molecule has 4 aromatic rings. The standard InChI is InChI=1S/C20H16N2O2S2/c1-23-19-10-6-5-9-16(19)17-11-15(24-22-17)12-25-20-21-18(13-26-20)14-7-3-2-4-8-14/h2-11,13H,12H2,1H3. The zero-order valence-electron chi connectivity index (χ0n) is 14.1. The quantitative estimate of drug-likeness (QED) is 0.398. The van der Waals surface area contributed by atoms with Crippen LogP contribution in [0.15, 0.2) is 74.9 Å². The molecule has 0 N–H and O–H groups in total. The van der Waals surface area contributed by atoms with E-state index in [9.17, 15) is 0 Å². The fourth-order valence-electron chi connectivity index (χ4n) is 2.56. The number of hydrogen-bond donors (Lipinski definition) is 0. The van der Waals surface area contributed by atoms with Crippen LogP contribution >= 0.6 is 23.1 Å². The number of para-hydroxylation sites is 1. The number of hydrogen-bond acceptors (Lipinski definition) is 6. The van der Waals surface area contributed by atoms with Gasteiger partial charge in [-0.05, 0) is 12.1 Å². The smallest absolute Gasteiger partial charge is 0.150 e. The van der Waals surface area contributed by atoms with E-state index in [2.05, 4.69) is 27.7 Å². The Morgan fingerprint density at radius 2 is 1.85 bits per heavy atom. The van der Waals surface area contributed by atoms with Crippen molar-refractivity contribution in [2.24, 2.45) is 0 Å². The molecular formula is C20H16N2O2S2. The van der Waals surface area contributed by atoms with Crippen molar-refractivity contribution in [2.75, 3.05) is 7.11 Å². The van der Waals surface area contributed by atoms with Gasteiger partial charge in [0.25, 0.3) is 0 Å². The van der Waals surface area contributed by atoms with Crippen LogP contribution in [0.4, 0.5) is 0 Å². The molecule has 0 unspecified atom stereocenters. The van der Waals surface area contributed by atoms with Crippen LogP contribution in [0.3, 0.4) is 0 Å². The SMILES string of the molecule is COc1ccccc1-c1cc(CSc2nc(-c3ccccc3)cs2)on1. The molecule has 0 spiro atoms. The highest BCUT2D eigenvalue weighted by Crippen LogP contribution is 2.33. The Morgan fingerprint density at radius 1 is 1.04 bits per heavy atom. The molecule has 0 aliphatic carbocycles. The average Bonchev–Trinajstić information content (AvgIpc) is 3.36. The Hall–Kier alpha value is -2.57. The zero-order chi connectivity index (χ0) is 17.8. The second-order valence-electron chi connectivity index (χ2n) is 5.53. The van der Waals surface area contributed by atoms with Gasteiger partial charge < -0.3 is 9.26 Å². The third-order valence-corrected chi connectivity index (χ3v) is 5.88. The number of ether oxygens (including phenoxy) is 1. The summed E-state index contributed by atoms with van der Waals surface area (Å²) in [5, 5.41) is 6.26. The van der Waals surface area contributed by atoms with E-state index >= 15 is 0 Å². The molecule has 4 rings (SSSR count). The molecule has 4 nitrogen and oxygen atoms in total. The van der Waals surface area contributed by atoms with E-state index in [4.69, 9.17) is 9.26 Å². The van der Waals surface area contributed by atoms with Gasteiger partial charge >= 0.3 is 0 Å². The molecule has 0 amide bonds. The minimum absolute atomic E-state index is 0.684. The largest absolute Gasteiger partial charge is 0.496 e. The first-order valence-corrected chi connectivity index (χ1v) is 9.93. The molecular weight excluding hydrogens is 364 g/mol. The third-order valence-electron chi connectivity index (χ3n) is 3.83. The fourth-order valence-corrected chi connectivity index (χ4v) is 4.27. The topological polar surface area (TPSA) is 48.2 Å². The maximum Gasteiger partial charge on any atom is 0.150 e. The first-order valence-electron chi connectivity index (χ1n) is 8.06. The van der Waals surface area contributed by atoms with Crippen LogP contribution in [0.1, 0.15) is 5.76 Å². The highest BCUT2D eigenvalue weighted by atomic mass is 32.2. The van der Waals surface area contributed by atoms with Gasteiger partial charge in [-0.3, -0.25) is 0 Å². The van der Waals surface area contributed by atoms with Gasteiger partial charge in [0.1, 0.15) is 17.2 Å². The summed E-state index contributed by atoms with van der Waals surface area (Å²) in [5.74, 6) is 2.28. The normalized spacial score (nSPS) is 10.8. The molecule has 0 atom stereocenters. The van der Waals surface area contributed by atoms with Crippen LogP contribution in [-0.4, -0.2) is 17.3 Å². The lowest BCUT2D eigenvalue weighted by atomic mass is 10.1. The predicted octanol–water partition coefficient (Wildman–Crippen LogP) is 5.77. The van der Waals surface area contributed by atoms with Crippen LogP contribution in [0.2, 0.25) is 0 Å². The molecule has 0 saturated carbocycles. The molecule has 0 aliphatic rings. The van der Waals surface area contributed by atoms with Gasteiger partial charge in [-0.25, -0.2) is 4.98 Å². The molecule has 0 bridgehead atoms. The molecule has 0 aliphatic heterocycles. The predicted molar refractivity (Wildman–Crippen MR) is 106 cm³/mol. The number of nitrogens with zero attached hydrogens (tertiary/aromatic N) is 2. The first-order chi connectivity index (χ1) is 12.8. The lowest BCUT2D eigenvalue weighted by Crippen LogP contribution is -1.86. The number of aromatic nitrogens is 2. The van der Waals surface area contributed by atoms with Crippen molar-refractivity contribution < 1.29 is 9.26 Å². The van der Waals surface area contributed by atoms with E-state index in [-0.39, 0.29) is 0 Å². The Kier molecular flexibility index (Phi) is 5.04. The molecule has 2 heterocycles. The Morgan fingerprint density at radius 3 is 2.69 bits per heavy atom. The van der Waals surface area contributed by atoms with Crippen molar-refractivity contribution >= 4 is 23.1 Å². The third kappa shape index (κ3) is 3.66. The molecule has 0 saturated heterocycles. The number of benzene rings is 2. The molecule has 130 valence electrons. The van der Waals surface area contributed by atoms with Gasteiger partial charge in [0.15, 0.2) is 4.34 Å². The van der Waals surface area contributed by atoms with Gasteiger partial charge in [-0.2, -0.15) is 0 Å². The minimum Gasteiger partial charge on any atom is -0.496 e.